The molecule has 1 aliphatic rings. The van der Waals surface area contributed by atoms with Crippen molar-refractivity contribution in [3.8, 4) is 0 Å². The maximum Gasteiger partial charge on any atom is 0.335 e. The SMILES string of the molecule is CCC(C)(C)NC(=O)N1CCc2cc(C(=O)O)ccc21. The maximum absolute atomic E-state index is 12.3. The minimum Gasteiger partial charge on any atom is -0.478 e. The molecule has 1 aromatic rings. The number of amides is 2. The lowest BCUT2D eigenvalue weighted by atomic mass is 10.0. The molecule has 0 saturated heterocycles. The fourth-order valence-corrected chi connectivity index (χ4v) is 2.19. The number of rotatable bonds is 3. The summed E-state index contributed by atoms with van der Waals surface area (Å²) in [5, 5.41) is 12.0. The van der Waals surface area contributed by atoms with Gasteiger partial charge in [-0.2, -0.15) is 0 Å². The molecule has 20 heavy (non-hydrogen) atoms. The Morgan fingerprint density at radius 1 is 1.40 bits per heavy atom. The molecule has 0 spiro atoms. The predicted octanol–water partition coefficient (Wildman–Crippen LogP) is 2.65. The van der Waals surface area contributed by atoms with E-state index in [-0.39, 0.29) is 17.1 Å². The third-order valence-corrected chi connectivity index (χ3v) is 3.80. The number of urea groups is 1. The number of hydrogen-bond acceptors (Lipinski definition) is 2. The Bertz CT molecular complexity index is 552. The van der Waals surface area contributed by atoms with Crippen LogP contribution >= 0.6 is 0 Å². The molecular formula is C15H20N2O3. The minimum absolute atomic E-state index is 0.126. The lowest BCUT2D eigenvalue weighted by molar-refractivity contribution is 0.0697. The van der Waals surface area contributed by atoms with E-state index >= 15 is 0 Å². The van der Waals surface area contributed by atoms with Gasteiger partial charge in [-0.1, -0.05) is 6.92 Å². The van der Waals surface area contributed by atoms with Gasteiger partial charge >= 0.3 is 12.0 Å². The van der Waals surface area contributed by atoms with E-state index < -0.39 is 5.97 Å². The Labute approximate surface area is 118 Å². The summed E-state index contributed by atoms with van der Waals surface area (Å²) in [5.41, 5.74) is 1.73. The van der Waals surface area contributed by atoms with E-state index in [0.29, 0.717) is 13.0 Å². The molecule has 0 aromatic heterocycles. The van der Waals surface area contributed by atoms with E-state index in [4.69, 9.17) is 5.11 Å². The van der Waals surface area contributed by atoms with Gasteiger partial charge in [-0.3, -0.25) is 4.90 Å². The first-order chi connectivity index (χ1) is 9.34. The number of aromatic carboxylic acids is 1. The van der Waals surface area contributed by atoms with Crippen molar-refractivity contribution in [1.82, 2.24) is 5.32 Å². The molecule has 2 N–H and O–H groups in total. The number of carboxylic acids is 1. The highest BCUT2D eigenvalue weighted by molar-refractivity contribution is 5.96. The molecule has 0 atom stereocenters. The minimum atomic E-state index is -0.942. The van der Waals surface area contributed by atoms with Crippen molar-refractivity contribution in [2.75, 3.05) is 11.4 Å². The summed E-state index contributed by atoms with van der Waals surface area (Å²) in [7, 11) is 0. The van der Waals surface area contributed by atoms with Crippen molar-refractivity contribution in [3.05, 3.63) is 29.3 Å². The fourth-order valence-electron chi connectivity index (χ4n) is 2.19. The third kappa shape index (κ3) is 2.76. The van der Waals surface area contributed by atoms with E-state index in [2.05, 4.69) is 5.32 Å². The zero-order valence-corrected chi connectivity index (χ0v) is 12.1. The van der Waals surface area contributed by atoms with Crippen LogP contribution in [0.2, 0.25) is 0 Å². The number of fused-ring (bicyclic) bond motifs is 1. The molecule has 5 heteroatoms. The van der Waals surface area contributed by atoms with Gasteiger partial charge in [-0.15, -0.1) is 0 Å². The lowest BCUT2D eigenvalue weighted by Crippen LogP contribution is -2.49. The van der Waals surface area contributed by atoms with Gasteiger partial charge in [0.1, 0.15) is 0 Å². The van der Waals surface area contributed by atoms with Gasteiger partial charge in [0.15, 0.2) is 0 Å². The Hall–Kier alpha value is -2.04. The Morgan fingerprint density at radius 2 is 2.10 bits per heavy atom. The van der Waals surface area contributed by atoms with E-state index in [0.717, 1.165) is 17.7 Å². The number of carboxylic acid groups (broad SMARTS) is 1. The van der Waals surface area contributed by atoms with Gasteiger partial charge in [0, 0.05) is 17.8 Å². The van der Waals surface area contributed by atoms with Crippen LogP contribution in [0.25, 0.3) is 0 Å². The summed E-state index contributed by atoms with van der Waals surface area (Å²) >= 11 is 0. The average Bonchev–Trinajstić information content (AvgIpc) is 2.81. The molecular weight excluding hydrogens is 256 g/mol. The Morgan fingerprint density at radius 3 is 2.70 bits per heavy atom. The second kappa shape index (κ2) is 5.15. The first-order valence-corrected chi connectivity index (χ1v) is 6.80. The first kappa shape index (κ1) is 14.4. The number of nitrogens with one attached hydrogen (secondary N) is 1. The largest absolute Gasteiger partial charge is 0.478 e. The second-order valence-corrected chi connectivity index (χ2v) is 5.72. The van der Waals surface area contributed by atoms with E-state index in [1.54, 1.807) is 17.0 Å². The smallest absolute Gasteiger partial charge is 0.335 e. The van der Waals surface area contributed by atoms with Crippen molar-refractivity contribution in [1.29, 1.82) is 0 Å². The number of hydrogen-bond donors (Lipinski definition) is 2. The summed E-state index contributed by atoms with van der Waals surface area (Å²) in [6, 6.07) is 4.77. The Kier molecular flexibility index (Phi) is 3.70. The summed E-state index contributed by atoms with van der Waals surface area (Å²) in [6.07, 6.45) is 1.54. The molecule has 1 aromatic carbocycles. The van der Waals surface area contributed by atoms with Crippen molar-refractivity contribution in [3.63, 3.8) is 0 Å². The molecule has 0 unspecified atom stereocenters. The molecule has 1 heterocycles. The van der Waals surface area contributed by atoms with Crippen LogP contribution in [0.15, 0.2) is 18.2 Å². The number of carbonyl (C=O) groups is 2. The van der Waals surface area contributed by atoms with Gasteiger partial charge in [-0.25, -0.2) is 9.59 Å². The summed E-state index contributed by atoms with van der Waals surface area (Å²) in [5.74, 6) is -0.942. The van der Waals surface area contributed by atoms with Crippen LogP contribution in [-0.4, -0.2) is 29.2 Å². The summed E-state index contributed by atoms with van der Waals surface area (Å²) < 4.78 is 0. The highest BCUT2D eigenvalue weighted by atomic mass is 16.4. The van der Waals surface area contributed by atoms with Crippen LogP contribution in [-0.2, 0) is 6.42 Å². The van der Waals surface area contributed by atoms with Crippen molar-refractivity contribution >= 4 is 17.7 Å². The van der Waals surface area contributed by atoms with Gasteiger partial charge in [0.05, 0.1) is 5.56 Å². The highest BCUT2D eigenvalue weighted by Gasteiger charge is 2.28. The van der Waals surface area contributed by atoms with E-state index in [1.165, 1.54) is 6.07 Å². The molecule has 0 bridgehead atoms. The number of carbonyl (C=O) groups excluding carboxylic acids is 1. The third-order valence-electron chi connectivity index (χ3n) is 3.80. The molecule has 0 saturated carbocycles. The van der Waals surface area contributed by atoms with Gasteiger partial charge in [0.2, 0.25) is 0 Å². The summed E-state index contributed by atoms with van der Waals surface area (Å²) in [6.45, 7) is 6.58. The van der Waals surface area contributed by atoms with Gasteiger partial charge in [0.25, 0.3) is 0 Å². The molecule has 5 nitrogen and oxygen atoms in total. The van der Waals surface area contributed by atoms with E-state index in [1.807, 2.05) is 20.8 Å². The molecule has 2 rings (SSSR count). The molecule has 0 fully saturated rings. The zero-order valence-electron chi connectivity index (χ0n) is 12.1. The van der Waals surface area contributed by atoms with Gasteiger partial charge < -0.3 is 10.4 Å². The van der Waals surface area contributed by atoms with Crippen LogP contribution in [0, 0.1) is 0 Å². The van der Waals surface area contributed by atoms with Crippen LogP contribution in [0.4, 0.5) is 10.5 Å². The van der Waals surface area contributed by atoms with Crippen LogP contribution in [0.5, 0.6) is 0 Å². The normalized spacial score (nSPS) is 14.1. The number of anilines is 1. The molecule has 0 radical (unpaired) electrons. The molecule has 1 aliphatic heterocycles. The lowest BCUT2D eigenvalue weighted by Gasteiger charge is -2.28. The second-order valence-electron chi connectivity index (χ2n) is 5.72. The van der Waals surface area contributed by atoms with E-state index in [9.17, 15) is 9.59 Å². The van der Waals surface area contributed by atoms with Crippen LogP contribution < -0.4 is 10.2 Å². The average molecular weight is 276 g/mol. The summed E-state index contributed by atoms with van der Waals surface area (Å²) in [4.78, 5) is 24.9. The zero-order chi connectivity index (χ0) is 14.9. The highest BCUT2D eigenvalue weighted by Crippen LogP contribution is 2.29. The maximum atomic E-state index is 12.3. The van der Waals surface area contributed by atoms with Gasteiger partial charge in [-0.05, 0) is 50.5 Å². The Balaban J connectivity index is 2.20. The molecule has 0 aliphatic carbocycles. The predicted molar refractivity (Wildman–Crippen MR) is 77.4 cm³/mol. The quantitative estimate of drug-likeness (QED) is 0.891. The van der Waals surface area contributed by atoms with Crippen molar-refractivity contribution < 1.29 is 14.7 Å². The van der Waals surface area contributed by atoms with Crippen LogP contribution in [0.1, 0.15) is 43.1 Å². The standard InChI is InChI=1S/C15H20N2O3/c1-4-15(2,3)16-14(20)17-8-7-10-9-11(13(18)19)5-6-12(10)17/h5-6,9H,4,7-8H2,1-3H3,(H,16,20)(H,18,19). The first-order valence-electron chi connectivity index (χ1n) is 6.80. The fraction of sp³-hybridized carbons (Fsp3) is 0.467. The topological polar surface area (TPSA) is 69.6 Å². The molecule has 108 valence electrons. The number of nitrogens with zero attached hydrogens (tertiary/aromatic N) is 1. The number of benzene rings is 1. The van der Waals surface area contributed by atoms with Crippen molar-refractivity contribution in [2.24, 2.45) is 0 Å². The monoisotopic (exact) mass is 276 g/mol. The molecule has 2 amide bonds. The van der Waals surface area contributed by atoms with Crippen molar-refractivity contribution in [2.45, 2.75) is 39.2 Å². The van der Waals surface area contributed by atoms with Crippen LogP contribution in [0.3, 0.4) is 0 Å².